The molecule has 0 aliphatic carbocycles. The van der Waals surface area contributed by atoms with Gasteiger partial charge < -0.3 is 35.1 Å². The maximum atomic E-state index is 14.2. The van der Waals surface area contributed by atoms with Gasteiger partial charge >= 0.3 is 18.2 Å². The van der Waals surface area contributed by atoms with Crippen LogP contribution in [0.2, 0.25) is 0 Å². The Hall–Kier alpha value is -4.87. The maximum Gasteiger partial charge on any atom is 0.408 e. The summed E-state index contributed by atoms with van der Waals surface area (Å²) in [6.07, 6.45) is 5.22. The third kappa shape index (κ3) is 14.8. The van der Waals surface area contributed by atoms with Crippen molar-refractivity contribution in [3.05, 3.63) is 83.9 Å². The zero-order valence-electron chi connectivity index (χ0n) is 31.4. The Bertz CT molecular complexity index is 1480. The molecule has 12 heteroatoms. The summed E-state index contributed by atoms with van der Waals surface area (Å²) in [5.74, 6) is -1.63. The quantitative estimate of drug-likeness (QED) is 0.0816. The van der Waals surface area contributed by atoms with Crippen LogP contribution in [-0.2, 0) is 41.6 Å². The molecule has 1 fully saturated rings. The van der Waals surface area contributed by atoms with Crippen LogP contribution in [0.15, 0.2) is 72.8 Å². The molecule has 284 valence electrons. The van der Waals surface area contributed by atoms with Gasteiger partial charge in [-0.2, -0.15) is 0 Å². The van der Waals surface area contributed by atoms with Crippen LogP contribution in [0, 0.1) is 11.8 Å². The number of rotatable bonds is 17. The van der Waals surface area contributed by atoms with E-state index in [2.05, 4.69) is 29.8 Å². The zero-order chi connectivity index (χ0) is 38.1. The van der Waals surface area contributed by atoms with Crippen molar-refractivity contribution in [2.75, 3.05) is 20.2 Å². The van der Waals surface area contributed by atoms with E-state index in [9.17, 15) is 24.0 Å². The van der Waals surface area contributed by atoms with Crippen molar-refractivity contribution in [1.29, 1.82) is 0 Å². The summed E-state index contributed by atoms with van der Waals surface area (Å²) in [5.41, 5.74) is 1.15. The second-order valence-electron chi connectivity index (χ2n) is 14.5. The highest BCUT2D eigenvalue weighted by molar-refractivity contribution is 5.92. The number of ether oxygens (including phenoxy) is 3. The minimum Gasteiger partial charge on any atom is -0.467 e. The first-order chi connectivity index (χ1) is 24.8. The number of amides is 4. The first kappa shape index (κ1) is 41.5. The van der Waals surface area contributed by atoms with Gasteiger partial charge in [0.25, 0.3) is 0 Å². The fourth-order valence-corrected chi connectivity index (χ4v) is 5.97. The van der Waals surface area contributed by atoms with Gasteiger partial charge in [0.05, 0.1) is 19.1 Å². The van der Waals surface area contributed by atoms with E-state index in [1.807, 2.05) is 72.8 Å². The van der Waals surface area contributed by atoms with Crippen molar-refractivity contribution in [3.8, 4) is 0 Å². The first-order valence-electron chi connectivity index (χ1n) is 18.1. The number of alkyl carbamates (subject to hydrolysis) is 2. The molecule has 1 aliphatic rings. The highest BCUT2D eigenvalue weighted by Crippen LogP contribution is 2.24. The molecule has 12 nitrogen and oxygen atoms in total. The normalized spacial score (nSPS) is 16.1. The third-order valence-electron chi connectivity index (χ3n) is 8.41. The lowest BCUT2D eigenvalue weighted by molar-refractivity contribution is -0.146. The Balaban J connectivity index is 1.67. The second kappa shape index (κ2) is 20.8. The van der Waals surface area contributed by atoms with E-state index in [1.54, 1.807) is 25.7 Å². The van der Waals surface area contributed by atoms with Crippen molar-refractivity contribution >= 4 is 30.0 Å². The van der Waals surface area contributed by atoms with Gasteiger partial charge in [0.15, 0.2) is 0 Å². The number of carbonyl (C=O) groups excluding carboxylic acids is 5. The summed E-state index contributed by atoms with van der Waals surface area (Å²) in [7, 11) is 1.25. The van der Waals surface area contributed by atoms with E-state index in [1.165, 1.54) is 7.11 Å². The van der Waals surface area contributed by atoms with Gasteiger partial charge in [0, 0.05) is 13.1 Å². The molecule has 1 heterocycles. The molecular weight excluding hydrogens is 664 g/mol. The number of likely N-dealkylation sites (tertiary alicyclic amines) is 1. The van der Waals surface area contributed by atoms with Crippen LogP contribution < -0.4 is 16.0 Å². The highest BCUT2D eigenvalue weighted by Gasteiger charge is 2.38. The topological polar surface area (TPSA) is 152 Å². The number of nitrogens with one attached hydrogen (secondary N) is 3. The number of methoxy groups -OCH3 is 1. The molecular formula is C40H56N4O8. The smallest absolute Gasteiger partial charge is 0.408 e. The minimum atomic E-state index is -0.965. The van der Waals surface area contributed by atoms with Gasteiger partial charge in [-0.25, -0.2) is 14.4 Å². The number of carbonyl (C=O) groups is 5. The monoisotopic (exact) mass is 720 g/mol. The highest BCUT2D eigenvalue weighted by atomic mass is 16.6. The van der Waals surface area contributed by atoms with Gasteiger partial charge in [-0.1, -0.05) is 86.7 Å². The lowest BCUT2D eigenvalue weighted by Crippen LogP contribution is -2.52. The Morgan fingerprint density at radius 1 is 0.904 bits per heavy atom. The molecule has 1 saturated heterocycles. The SMILES string of the molecule is COC(=O)[C@@H](CCCNC(=O)OCc1ccccc1)NC(=O)[C@@H]1CCCN1C(=O)[C@H](/C=C/[C@H](CC(C)C)NC(=O)OC(C)(C)C)Cc1ccccc1. The number of hydrogen-bond acceptors (Lipinski definition) is 8. The largest absolute Gasteiger partial charge is 0.467 e. The van der Waals surface area contributed by atoms with Crippen LogP contribution in [0.4, 0.5) is 9.59 Å². The molecule has 52 heavy (non-hydrogen) atoms. The molecule has 4 amide bonds. The third-order valence-corrected chi connectivity index (χ3v) is 8.41. The predicted molar refractivity (Wildman–Crippen MR) is 198 cm³/mol. The van der Waals surface area contributed by atoms with E-state index < -0.39 is 47.7 Å². The standard InChI is InChI=1S/C40H56N4O8/c1-28(2)25-32(42-39(49)52-40(3,4)5)22-21-31(26-29-15-9-7-10-16-29)36(46)44-24-14-20-34(44)35(45)43-33(37(47)50-6)19-13-23-41-38(48)51-27-30-17-11-8-12-18-30/h7-12,15-18,21-22,28,31-34H,13-14,19-20,23-27H2,1-6H3,(H,41,48)(H,42,49)(H,43,45)/b22-21+/t31-,32-,33-,34+/m1/s1. The Morgan fingerprint density at radius 3 is 2.17 bits per heavy atom. The van der Waals surface area contributed by atoms with Crippen LogP contribution in [0.1, 0.15) is 77.8 Å². The van der Waals surface area contributed by atoms with Gasteiger partial charge in [-0.05, 0) is 76.3 Å². The molecule has 0 aromatic heterocycles. The zero-order valence-corrected chi connectivity index (χ0v) is 31.4. The molecule has 0 saturated carbocycles. The molecule has 3 rings (SSSR count). The van der Waals surface area contributed by atoms with Crippen molar-refractivity contribution in [1.82, 2.24) is 20.9 Å². The van der Waals surface area contributed by atoms with Crippen LogP contribution in [0.5, 0.6) is 0 Å². The van der Waals surface area contributed by atoms with E-state index in [0.29, 0.717) is 38.6 Å². The number of benzene rings is 2. The number of hydrogen-bond donors (Lipinski definition) is 3. The van der Waals surface area contributed by atoms with Crippen LogP contribution in [-0.4, -0.2) is 78.8 Å². The molecule has 4 atom stereocenters. The number of nitrogens with zero attached hydrogens (tertiary/aromatic N) is 1. The lowest BCUT2D eigenvalue weighted by Gasteiger charge is -2.29. The molecule has 2 aromatic rings. The van der Waals surface area contributed by atoms with E-state index in [-0.39, 0.29) is 37.4 Å². The fraction of sp³-hybridized carbons (Fsp3) is 0.525. The Morgan fingerprint density at radius 2 is 1.56 bits per heavy atom. The van der Waals surface area contributed by atoms with Crippen LogP contribution in [0.25, 0.3) is 0 Å². The average molecular weight is 721 g/mol. The Labute approximate surface area is 308 Å². The molecule has 2 aromatic carbocycles. The van der Waals surface area contributed by atoms with E-state index in [4.69, 9.17) is 14.2 Å². The van der Waals surface area contributed by atoms with Gasteiger partial charge in [0.1, 0.15) is 24.3 Å². The van der Waals surface area contributed by atoms with Gasteiger partial charge in [-0.3, -0.25) is 9.59 Å². The van der Waals surface area contributed by atoms with E-state index in [0.717, 1.165) is 11.1 Å². The number of esters is 1. The summed E-state index contributed by atoms with van der Waals surface area (Å²) in [6.45, 7) is 10.2. The second-order valence-corrected chi connectivity index (χ2v) is 14.5. The molecule has 0 radical (unpaired) electrons. The van der Waals surface area contributed by atoms with Crippen molar-refractivity contribution < 1.29 is 38.2 Å². The first-order valence-corrected chi connectivity index (χ1v) is 18.1. The lowest BCUT2D eigenvalue weighted by atomic mass is 9.95. The maximum absolute atomic E-state index is 14.2. The summed E-state index contributed by atoms with van der Waals surface area (Å²) < 4.78 is 15.7. The summed E-state index contributed by atoms with van der Waals surface area (Å²) >= 11 is 0. The van der Waals surface area contributed by atoms with Crippen molar-refractivity contribution in [2.24, 2.45) is 11.8 Å². The molecule has 0 bridgehead atoms. The van der Waals surface area contributed by atoms with Crippen LogP contribution in [0.3, 0.4) is 0 Å². The molecule has 3 N–H and O–H groups in total. The van der Waals surface area contributed by atoms with Gasteiger partial charge in [0.2, 0.25) is 11.8 Å². The van der Waals surface area contributed by atoms with E-state index >= 15 is 0 Å². The summed E-state index contributed by atoms with van der Waals surface area (Å²) in [5, 5.41) is 8.39. The molecule has 0 unspecified atom stereocenters. The fourth-order valence-electron chi connectivity index (χ4n) is 5.97. The van der Waals surface area contributed by atoms with Crippen LogP contribution >= 0.6 is 0 Å². The molecule has 0 spiro atoms. The predicted octanol–water partition coefficient (Wildman–Crippen LogP) is 5.70. The van der Waals surface area contributed by atoms with Crippen molar-refractivity contribution in [3.63, 3.8) is 0 Å². The Kier molecular flexibility index (Phi) is 16.7. The van der Waals surface area contributed by atoms with Gasteiger partial charge in [-0.15, -0.1) is 0 Å². The average Bonchev–Trinajstić information content (AvgIpc) is 3.60. The minimum absolute atomic E-state index is 0.133. The molecule has 1 aliphatic heterocycles. The summed E-state index contributed by atoms with van der Waals surface area (Å²) in [4.78, 5) is 67.0. The summed E-state index contributed by atoms with van der Waals surface area (Å²) in [6, 6.07) is 16.8. The van der Waals surface area contributed by atoms with Crippen molar-refractivity contribution in [2.45, 2.75) is 103 Å².